The molecule has 1 heterocycles. The zero-order valence-electron chi connectivity index (χ0n) is 17.6. The number of carbonyl (C=O) groups is 1. The van der Waals surface area contributed by atoms with Crippen LogP contribution in [0.15, 0.2) is 47.4 Å². The first-order valence-corrected chi connectivity index (χ1v) is 11.6. The Morgan fingerprint density at radius 3 is 2.45 bits per heavy atom. The van der Waals surface area contributed by atoms with Crippen molar-refractivity contribution in [3.63, 3.8) is 0 Å². The summed E-state index contributed by atoms with van der Waals surface area (Å²) in [5.41, 5.74) is 0.348. The number of hydrogen-bond donors (Lipinski definition) is 2. The minimum absolute atomic E-state index is 0.172. The summed E-state index contributed by atoms with van der Waals surface area (Å²) in [6.45, 7) is 3.86. The van der Waals surface area contributed by atoms with Crippen molar-refractivity contribution < 1.29 is 27.1 Å². The molecule has 9 heteroatoms. The van der Waals surface area contributed by atoms with E-state index in [-0.39, 0.29) is 22.4 Å². The molecule has 31 heavy (non-hydrogen) atoms. The van der Waals surface area contributed by atoms with Gasteiger partial charge in [0, 0.05) is 25.2 Å². The number of halogens is 1. The van der Waals surface area contributed by atoms with Crippen molar-refractivity contribution in [1.29, 1.82) is 0 Å². The quantitative estimate of drug-likeness (QED) is 0.645. The Morgan fingerprint density at radius 1 is 1.16 bits per heavy atom. The van der Waals surface area contributed by atoms with Crippen molar-refractivity contribution in [1.82, 2.24) is 10.0 Å². The van der Waals surface area contributed by atoms with E-state index >= 15 is 0 Å². The molecule has 1 fully saturated rings. The highest BCUT2D eigenvalue weighted by Crippen LogP contribution is 2.35. The zero-order chi connectivity index (χ0) is 22.5. The van der Waals surface area contributed by atoms with Crippen LogP contribution < -0.4 is 14.8 Å². The normalized spacial score (nSPS) is 16.0. The van der Waals surface area contributed by atoms with E-state index in [2.05, 4.69) is 10.0 Å². The fraction of sp³-hybridized carbons (Fsp3) is 0.409. The van der Waals surface area contributed by atoms with E-state index in [1.165, 1.54) is 7.05 Å². The molecule has 2 N–H and O–H groups in total. The summed E-state index contributed by atoms with van der Waals surface area (Å²) in [5.74, 6) is -0.681. The molecule has 1 saturated heterocycles. The number of rotatable bonds is 8. The Bertz CT molecular complexity index is 1020. The van der Waals surface area contributed by atoms with Crippen LogP contribution in [0, 0.1) is 5.82 Å². The van der Waals surface area contributed by atoms with E-state index < -0.39 is 21.7 Å². The van der Waals surface area contributed by atoms with Gasteiger partial charge in [-0.2, -0.15) is 0 Å². The van der Waals surface area contributed by atoms with Gasteiger partial charge in [-0.05, 0) is 62.7 Å². The van der Waals surface area contributed by atoms with E-state index in [0.717, 1.165) is 29.5 Å². The monoisotopic (exact) mass is 450 g/mol. The van der Waals surface area contributed by atoms with Crippen molar-refractivity contribution in [3.05, 3.63) is 59.4 Å². The average molecular weight is 451 g/mol. The van der Waals surface area contributed by atoms with Gasteiger partial charge in [0.1, 0.15) is 11.6 Å². The number of sulfonamides is 1. The second kappa shape index (κ2) is 9.76. The van der Waals surface area contributed by atoms with Crippen molar-refractivity contribution in [2.75, 3.05) is 33.4 Å². The molecule has 3 rings (SSSR count). The molecule has 1 aliphatic heterocycles. The van der Waals surface area contributed by atoms with Gasteiger partial charge in [-0.25, -0.2) is 17.5 Å². The van der Waals surface area contributed by atoms with Gasteiger partial charge in [0.2, 0.25) is 10.0 Å². The third kappa shape index (κ3) is 5.23. The molecule has 2 aromatic rings. The Morgan fingerprint density at radius 2 is 1.84 bits per heavy atom. The second-order valence-electron chi connectivity index (χ2n) is 7.38. The highest BCUT2D eigenvalue weighted by atomic mass is 32.2. The SMILES string of the molecule is CCOc1ccc(C2(CNC(=O)c3cc(S(=O)(=O)NC)ccc3F)CCOCC2)cc1. The van der Waals surface area contributed by atoms with Crippen LogP contribution in [-0.4, -0.2) is 47.7 Å². The van der Waals surface area contributed by atoms with Gasteiger partial charge in [0.25, 0.3) is 5.91 Å². The maximum Gasteiger partial charge on any atom is 0.254 e. The van der Waals surface area contributed by atoms with E-state index in [4.69, 9.17) is 9.47 Å². The van der Waals surface area contributed by atoms with Crippen molar-refractivity contribution in [2.24, 2.45) is 0 Å². The molecule has 0 aromatic heterocycles. The lowest BCUT2D eigenvalue weighted by atomic mass is 9.74. The molecule has 0 atom stereocenters. The minimum Gasteiger partial charge on any atom is -0.494 e. The molecule has 0 spiro atoms. The third-order valence-corrected chi connectivity index (χ3v) is 6.99. The van der Waals surface area contributed by atoms with Gasteiger partial charge in [-0.15, -0.1) is 0 Å². The number of hydrogen-bond acceptors (Lipinski definition) is 5. The van der Waals surface area contributed by atoms with Gasteiger partial charge < -0.3 is 14.8 Å². The molecule has 1 amide bonds. The van der Waals surface area contributed by atoms with Crippen molar-refractivity contribution in [2.45, 2.75) is 30.1 Å². The Hall–Kier alpha value is -2.49. The van der Waals surface area contributed by atoms with Crippen LogP contribution in [0.25, 0.3) is 0 Å². The summed E-state index contributed by atoms with van der Waals surface area (Å²) < 4.78 is 51.5. The molecule has 1 aliphatic rings. The Labute approximate surface area is 182 Å². The van der Waals surface area contributed by atoms with Gasteiger partial charge in [0.15, 0.2) is 0 Å². The molecular weight excluding hydrogens is 423 g/mol. The lowest BCUT2D eigenvalue weighted by Gasteiger charge is -2.38. The fourth-order valence-corrected chi connectivity index (χ4v) is 4.47. The summed E-state index contributed by atoms with van der Waals surface area (Å²) in [7, 11) is -2.54. The molecule has 7 nitrogen and oxygen atoms in total. The summed E-state index contributed by atoms with van der Waals surface area (Å²) in [4.78, 5) is 12.6. The van der Waals surface area contributed by atoms with Crippen LogP contribution in [0.1, 0.15) is 35.7 Å². The zero-order valence-corrected chi connectivity index (χ0v) is 18.4. The van der Waals surface area contributed by atoms with Crippen molar-refractivity contribution in [3.8, 4) is 5.75 Å². The maximum absolute atomic E-state index is 14.3. The van der Waals surface area contributed by atoms with E-state index in [1.807, 2.05) is 31.2 Å². The van der Waals surface area contributed by atoms with Gasteiger partial charge in [0.05, 0.1) is 17.1 Å². The predicted molar refractivity (Wildman–Crippen MR) is 114 cm³/mol. The van der Waals surface area contributed by atoms with Crippen LogP contribution in [0.4, 0.5) is 4.39 Å². The van der Waals surface area contributed by atoms with Gasteiger partial charge in [-0.3, -0.25) is 4.79 Å². The molecule has 0 unspecified atom stereocenters. The van der Waals surface area contributed by atoms with Gasteiger partial charge in [-0.1, -0.05) is 12.1 Å². The number of benzene rings is 2. The van der Waals surface area contributed by atoms with E-state index in [0.29, 0.717) is 32.7 Å². The molecule has 168 valence electrons. The number of amides is 1. The third-order valence-electron chi connectivity index (χ3n) is 5.58. The highest BCUT2D eigenvalue weighted by molar-refractivity contribution is 7.89. The first-order valence-electron chi connectivity index (χ1n) is 10.1. The fourth-order valence-electron chi connectivity index (χ4n) is 3.71. The van der Waals surface area contributed by atoms with Gasteiger partial charge >= 0.3 is 0 Å². The van der Waals surface area contributed by atoms with Crippen molar-refractivity contribution >= 4 is 15.9 Å². The van der Waals surface area contributed by atoms with E-state index in [1.54, 1.807) is 0 Å². The predicted octanol–water partition coefficient (Wildman–Crippen LogP) is 2.61. The molecular formula is C22H27FN2O5S. The minimum atomic E-state index is -3.80. The summed E-state index contributed by atoms with van der Waals surface area (Å²) >= 11 is 0. The molecule has 0 saturated carbocycles. The number of carbonyl (C=O) groups excluding carboxylic acids is 1. The van der Waals surface area contributed by atoms with Crippen LogP contribution in [0.5, 0.6) is 5.75 Å². The molecule has 0 radical (unpaired) electrons. The number of nitrogens with one attached hydrogen (secondary N) is 2. The standard InChI is InChI=1S/C22H27FN2O5S/c1-3-30-17-6-4-16(5-7-17)22(10-12-29-13-11-22)15-25-21(26)19-14-18(8-9-20(19)23)31(27,28)24-2/h4-9,14,24H,3,10-13,15H2,1-2H3,(H,25,26). The van der Waals surface area contributed by atoms with Crippen LogP contribution in [0.2, 0.25) is 0 Å². The summed E-state index contributed by atoms with van der Waals surface area (Å²) in [6.07, 6.45) is 1.38. The highest BCUT2D eigenvalue weighted by Gasteiger charge is 2.35. The molecule has 0 aliphatic carbocycles. The second-order valence-corrected chi connectivity index (χ2v) is 9.27. The first kappa shape index (κ1) is 23.2. The number of ether oxygens (including phenoxy) is 2. The van der Waals surface area contributed by atoms with Crippen LogP contribution in [0.3, 0.4) is 0 Å². The summed E-state index contributed by atoms with van der Waals surface area (Å²) in [5, 5.41) is 2.80. The van der Waals surface area contributed by atoms with E-state index in [9.17, 15) is 17.6 Å². The largest absolute Gasteiger partial charge is 0.494 e. The first-order chi connectivity index (χ1) is 14.8. The Kier molecular flexibility index (Phi) is 7.30. The van der Waals surface area contributed by atoms with Crippen LogP contribution in [-0.2, 0) is 20.2 Å². The average Bonchev–Trinajstić information content (AvgIpc) is 2.79. The summed E-state index contributed by atoms with van der Waals surface area (Å²) in [6, 6.07) is 10.9. The maximum atomic E-state index is 14.3. The molecule has 0 bridgehead atoms. The topological polar surface area (TPSA) is 93.7 Å². The smallest absolute Gasteiger partial charge is 0.254 e. The Balaban J connectivity index is 1.82. The van der Waals surface area contributed by atoms with Crippen LogP contribution >= 0.6 is 0 Å². The lowest BCUT2D eigenvalue weighted by molar-refractivity contribution is 0.0486. The lowest BCUT2D eigenvalue weighted by Crippen LogP contribution is -2.44. The molecule has 2 aromatic carbocycles.